The van der Waals surface area contributed by atoms with Crippen LogP contribution >= 0.6 is 0 Å². The Labute approximate surface area is 201 Å². The monoisotopic (exact) mass is 464 g/mol. The zero-order valence-corrected chi connectivity index (χ0v) is 20.3. The number of phenolic OH excluding ortho intramolecular Hbond substituents is 1. The lowest BCUT2D eigenvalue weighted by Crippen LogP contribution is -2.36. The van der Waals surface area contributed by atoms with E-state index in [4.69, 9.17) is 14.1 Å². The van der Waals surface area contributed by atoms with E-state index in [0.717, 1.165) is 72.7 Å². The van der Waals surface area contributed by atoms with Crippen LogP contribution in [0.5, 0.6) is 11.5 Å². The van der Waals surface area contributed by atoms with Crippen molar-refractivity contribution in [1.82, 2.24) is 14.8 Å². The molecule has 7 nitrogen and oxygen atoms in total. The molecule has 3 aromatic rings. The second-order valence-electron chi connectivity index (χ2n) is 9.78. The van der Waals surface area contributed by atoms with E-state index in [2.05, 4.69) is 22.2 Å². The summed E-state index contributed by atoms with van der Waals surface area (Å²) < 4.78 is 11.9. The highest BCUT2D eigenvalue weighted by Crippen LogP contribution is 2.37. The Morgan fingerprint density at radius 3 is 2.65 bits per heavy atom. The number of likely N-dealkylation sites (tertiary alicyclic amines) is 2. The van der Waals surface area contributed by atoms with Crippen LogP contribution in [0.15, 0.2) is 34.7 Å². The Bertz CT molecular complexity index is 1110. The normalized spacial score (nSPS) is 18.1. The van der Waals surface area contributed by atoms with Gasteiger partial charge in [-0.1, -0.05) is 0 Å². The van der Waals surface area contributed by atoms with E-state index in [9.17, 15) is 5.11 Å². The standard InChI is InChI=1S/C27H36N4O3/c1-19-6-7-26(34-19)24-17-22(28-20-8-13-30(2)14-9-20)21-16-25(32)27(18-23(21)29-24)33-15-5-12-31-10-3-4-11-31/h6-7,16-18,20,32H,3-5,8-15H2,1-2H3,(H,28,29). The zero-order chi connectivity index (χ0) is 23.5. The molecule has 0 spiro atoms. The minimum absolute atomic E-state index is 0.156. The number of piperidine rings is 1. The molecular formula is C27H36N4O3. The molecular weight excluding hydrogens is 428 g/mol. The first-order valence-electron chi connectivity index (χ1n) is 12.6. The van der Waals surface area contributed by atoms with Gasteiger partial charge >= 0.3 is 0 Å². The number of pyridine rings is 1. The number of rotatable bonds is 8. The van der Waals surface area contributed by atoms with Crippen molar-refractivity contribution in [2.45, 2.75) is 45.1 Å². The van der Waals surface area contributed by atoms with Crippen molar-refractivity contribution in [3.8, 4) is 23.0 Å². The van der Waals surface area contributed by atoms with Crippen LogP contribution in [0, 0.1) is 6.92 Å². The number of fused-ring (bicyclic) bond motifs is 1. The Morgan fingerprint density at radius 2 is 1.91 bits per heavy atom. The van der Waals surface area contributed by atoms with Crippen LogP contribution in [0.4, 0.5) is 5.69 Å². The smallest absolute Gasteiger partial charge is 0.163 e. The highest BCUT2D eigenvalue weighted by atomic mass is 16.5. The van der Waals surface area contributed by atoms with Crippen molar-refractivity contribution < 1.29 is 14.3 Å². The van der Waals surface area contributed by atoms with E-state index in [1.807, 2.05) is 31.2 Å². The Morgan fingerprint density at radius 1 is 1.12 bits per heavy atom. The van der Waals surface area contributed by atoms with Gasteiger partial charge in [0.25, 0.3) is 0 Å². The van der Waals surface area contributed by atoms with Gasteiger partial charge in [-0.05, 0) is 96.5 Å². The molecule has 0 amide bonds. The van der Waals surface area contributed by atoms with Gasteiger partial charge in [0.05, 0.1) is 12.1 Å². The van der Waals surface area contributed by atoms with Gasteiger partial charge in [-0.15, -0.1) is 0 Å². The molecule has 0 unspecified atom stereocenters. The first-order valence-corrected chi connectivity index (χ1v) is 12.6. The second kappa shape index (κ2) is 10.2. The number of anilines is 1. The molecule has 182 valence electrons. The fourth-order valence-corrected chi connectivity index (χ4v) is 5.03. The summed E-state index contributed by atoms with van der Waals surface area (Å²) in [4.78, 5) is 9.71. The van der Waals surface area contributed by atoms with Crippen LogP contribution < -0.4 is 10.1 Å². The molecule has 5 rings (SSSR count). The van der Waals surface area contributed by atoms with Gasteiger partial charge < -0.3 is 29.4 Å². The molecule has 1 aromatic carbocycles. The molecule has 2 fully saturated rings. The first-order chi connectivity index (χ1) is 16.5. The number of aromatic hydroxyl groups is 1. The molecule has 0 saturated carbocycles. The van der Waals surface area contributed by atoms with Gasteiger partial charge in [-0.3, -0.25) is 0 Å². The number of nitrogens with one attached hydrogen (secondary N) is 1. The average Bonchev–Trinajstić information content (AvgIpc) is 3.50. The maximum Gasteiger partial charge on any atom is 0.163 e. The maximum atomic E-state index is 10.8. The third-order valence-electron chi connectivity index (χ3n) is 7.04. The van der Waals surface area contributed by atoms with E-state index in [1.165, 1.54) is 25.9 Å². The van der Waals surface area contributed by atoms with Crippen molar-refractivity contribution in [3.63, 3.8) is 0 Å². The second-order valence-corrected chi connectivity index (χ2v) is 9.78. The Balaban J connectivity index is 1.40. The summed E-state index contributed by atoms with van der Waals surface area (Å²) in [5, 5.41) is 15.4. The highest BCUT2D eigenvalue weighted by Gasteiger charge is 2.20. The summed E-state index contributed by atoms with van der Waals surface area (Å²) in [5.41, 5.74) is 2.54. The van der Waals surface area contributed by atoms with E-state index in [1.54, 1.807) is 6.07 Å². The van der Waals surface area contributed by atoms with Crippen LogP contribution in [0.2, 0.25) is 0 Å². The van der Waals surface area contributed by atoms with E-state index < -0.39 is 0 Å². The molecule has 2 aliphatic heterocycles. The van der Waals surface area contributed by atoms with Gasteiger partial charge in [0, 0.05) is 29.7 Å². The lowest BCUT2D eigenvalue weighted by molar-refractivity contribution is 0.256. The van der Waals surface area contributed by atoms with Gasteiger partial charge in [-0.25, -0.2) is 4.98 Å². The molecule has 34 heavy (non-hydrogen) atoms. The molecule has 2 aromatic heterocycles. The van der Waals surface area contributed by atoms with Crippen LogP contribution in [0.3, 0.4) is 0 Å². The SMILES string of the molecule is Cc1ccc(-c2cc(NC3CCN(C)CC3)c3cc(O)c(OCCCN4CCCC4)cc3n2)o1. The summed E-state index contributed by atoms with van der Waals surface area (Å²) >= 11 is 0. The zero-order valence-electron chi connectivity index (χ0n) is 20.3. The number of aromatic nitrogens is 1. The van der Waals surface area contributed by atoms with Gasteiger partial charge in [0.15, 0.2) is 17.3 Å². The Kier molecular flexibility index (Phi) is 6.92. The maximum absolute atomic E-state index is 10.8. The number of hydrogen-bond donors (Lipinski definition) is 2. The number of nitrogens with zero attached hydrogens (tertiary/aromatic N) is 3. The average molecular weight is 465 g/mol. The predicted molar refractivity (Wildman–Crippen MR) is 136 cm³/mol. The minimum atomic E-state index is 0.156. The van der Waals surface area contributed by atoms with Crippen molar-refractivity contribution >= 4 is 16.6 Å². The molecule has 2 N–H and O–H groups in total. The predicted octanol–water partition coefficient (Wildman–Crippen LogP) is 4.88. The van der Waals surface area contributed by atoms with Crippen LogP contribution in [0.1, 0.15) is 37.9 Å². The first kappa shape index (κ1) is 23.0. The molecule has 2 saturated heterocycles. The third kappa shape index (κ3) is 5.31. The van der Waals surface area contributed by atoms with Crippen molar-refractivity contribution in [3.05, 3.63) is 36.1 Å². The molecule has 0 radical (unpaired) electrons. The Hall–Kier alpha value is -2.77. The molecule has 0 bridgehead atoms. The highest BCUT2D eigenvalue weighted by molar-refractivity contribution is 5.95. The molecule has 2 aliphatic rings. The van der Waals surface area contributed by atoms with Gasteiger partial charge in [0.2, 0.25) is 0 Å². The number of phenols is 1. The van der Waals surface area contributed by atoms with Gasteiger partial charge in [0.1, 0.15) is 11.5 Å². The summed E-state index contributed by atoms with van der Waals surface area (Å²) in [6.07, 6.45) is 5.70. The van der Waals surface area contributed by atoms with Crippen molar-refractivity contribution in [2.24, 2.45) is 0 Å². The van der Waals surface area contributed by atoms with Crippen LogP contribution in [0.25, 0.3) is 22.4 Å². The summed E-state index contributed by atoms with van der Waals surface area (Å²) in [5.74, 6) is 2.24. The topological polar surface area (TPSA) is 74.0 Å². The number of furan rings is 1. The van der Waals surface area contributed by atoms with Crippen LogP contribution in [-0.4, -0.2) is 72.3 Å². The number of benzene rings is 1. The number of ether oxygens (including phenoxy) is 1. The van der Waals surface area contributed by atoms with E-state index in [-0.39, 0.29) is 5.75 Å². The summed E-state index contributed by atoms with van der Waals surface area (Å²) in [7, 11) is 2.17. The summed E-state index contributed by atoms with van der Waals surface area (Å²) in [6, 6.07) is 9.98. The lowest BCUT2D eigenvalue weighted by atomic mass is 10.0. The van der Waals surface area contributed by atoms with Crippen LogP contribution in [-0.2, 0) is 0 Å². The minimum Gasteiger partial charge on any atom is -0.504 e. The summed E-state index contributed by atoms with van der Waals surface area (Å²) in [6.45, 7) is 8.08. The lowest BCUT2D eigenvalue weighted by Gasteiger charge is -2.30. The third-order valence-corrected chi connectivity index (χ3v) is 7.04. The van der Waals surface area contributed by atoms with Gasteiger partial charge in [-0.2, -0.15) is 0 Å². The molecule has 4 heterocycles. The van der Waals surface area contributed by atoms with E-state index >= 15 is 0 Å². The quantitative estimate of drug-likeness (QED) is 0.460. The fraction of sp³-hybridized carbons (Fsp3) is 0.519. The molecule has 0 aliphatic carbocycles. The fourth-order valence-electron chi connectivity index (χ4n) is 5.03. The number of hydrogen-bond acceptors (Lipinski definition) is 7. The largest absolute Gasteiger partial charge is 0.504 e. The van der Waals surface area contributed by atoms with Crippen molar-refractivity contribution in [1.29, 1.82) is 0 Å². The number of aryl methyl sites for hydroxylation is 1. The molecule has 7 heteroatoms. The van der Waals surface area contributed by atoms with Crippen molar-refractivity contribution in [2.75, 3.05) is 51.7 Å². The molecule has 0 atom stereocenters. The van der Waals surface area contributed by atoms with E-state index in [0.29, 0.717) is 18.4 Å².